The molecule has 1 fully saturated rings. The number of hydrogen-bond acceptors (Lipinski definition) is 5. The van der Waals surface area contributed by atoms with Gasteiger partial charge in [0.1, 0.15) is 10.7 Å². The van der Waals surface area contributed by atoms with Gasteiger partial charge in [0.25, 0.3) is 0 Å². The maximum absolute atomic E-state index is 11.7. The van der Waals surface area contributed by atoms with Crippen LogP contribution in [0.15, 0.2) is 23.2 Å². The quantitative estimate of drug-likeness (QED) is 0.822. The van der Waals surface area contributed by atoms with E-state index in [-0.39, 0.29) is 0 Å². The molecule has 2 rings (SSSR count). The van der Waals surface area contributed by atoms with E-state index in [4.69, 9.17) is 0 Å². The minimum Gasteiger partial charge on any atom is -0.354 e. The molecule has 0 aromatic carbocycles. The van der Waals surface area contributed by atoms with Crippen LogP contribution < -0.4 is 10.2 Å². The number of hydrogen-bond donors (Lipinski definition) is 1. The Morgan fingerprint density at radius 1 is 1.35 bits per heavy atom. The fourth-order valence-corrected chi connectivity index (χ4v) is 2.81. The van der Waals surface area contributed by atoms with Crippen LogP contribution in [0.3, 0.4) is 0 Å². The van der Waals surface area contributed by atoms with Crippen LogP contribution in [0.5, 0.6) is 0 Å². The maximum atomic E-state index is 11.7. The lowest BCUT2D eigenvalue weighted by Gasteiger charge is -2.22. The Hall–Kier alpha value is -1.14. The summed E-state index contributed by atoms with van der Waals surface area (Å²) in [6, 6.07) is 3.28. The molecule has 0 spiro atoms. The molecule has 0 bridgehead atoms. The van der Waals surface area contributed by atoms with Gasteiger partial charge in [-0.25, -0.2) is 13.4 Å². The SMILES string of the molecule is CS(=O)(=O)c1cccnc1N1CCCNCC1. The van der Waals surface area contributed by atoms with E-state index in [1.165, 1.54) is 6.26 Å². The van der Waals surface area contributed by atoms with Crippen molar-refractivity contribution in [3.63, 3.8) is 0 Å². The Balaban J connectivity index is 2.37. The molecule has 0 aliphatic carbocycles. The molecule has 0 radical (unpaired) electrons. The van der Waals surface area contributed by atoms with Gasteiger partial charge in [-0.05, 0) is 25.1 Å². The molecule has 1 saturated heterocycles. The van der Waals surface area contributed by atoms with Gasteiger partial charge in [-0.2, -0.15) is 0 Å². The van der Waals surface area contributed by atoms with Crippen molar-refractivity contribution in [1.82, 2.24) is 10.3 Å². The molecule has 1 aromatic heterocycles. The van der Waals surface area contributed by atoms with Crippen molar-refractivity contribution < 1.29 is 8.42 Å². The van der Waals surface area contributed by atoms with Gasteiger partial charge in [0.2, 0.25) is 0 Å². The van der Waals surface area contributed by atoms with Gasteiger partial charge in [-0.3, -0.25) is 0 Å². The Labute approximate surface area is 102 Å². The summed E-state index contributed by atoms with van der Waals surface area (Å²) in [5, 5.41) is 3.29. The number of aromatic nitrogens is 1. The highest BCUT2D eigenvalue weighted by Crippen LogP contribution is 2.22. The van der Waals surface area contributed by atoms with Crippen LogP contribution in [-0.2, 0) is 9.84 Å². The van der Waals surface area contributed by atoms with Crippen LogP contribution in [0.2, 0.25) is 0 Å². The highest BCUT2D eigenvalue weighted by molar-refractivity contribution is 7.90. The third kappa shape index (κ3) is 2.95. The summed E-state index contributed by atoms with van der Waals surface area (Å²) in [4.78, 5) is 6.59. The number of nitrogens with one attached hydrogen (secondary N) is 1. The average molecular weight is 255 g/mol. The summed E-state index contributed by atoms with van der Waals surface area (Å²) in [5.41, 5.74) is 0. The first-order valence-electron chi connectivity index (χ1n) is 5.70. The molecule has 6 heteroatoms. The summed E-state index contributed by atoms with van der Waals surface area (Å²) in [6.07, 6.45) is 3.87. The zero-order chi connectivity index (χ0) is 12.3. The molecule has 0 atom stereocenters. The van der Waals surface area contributed by atoms with Gasteiger partial charge in [0, 0.05) is 32.1 Å². The molecule has 0 saturated carbocycles. The molecule has 17 heavy (non-hydrogen) atoms. The molecular weight excluding hydrogens is 238 g/mol. The third-order valence-corrected chi connectivity index (χ3v) is 3.91. The number of anilines is 1. The van der Waals surface area contributed by atoms with Crippen LogP contribution in [0.4, 0.5) is 5.82 Å². The van der Waals surface area contributed by atoms with Gasteiger partial charge >= 0.3 is 0 Å². The largest absolute Gasteiger partial charge is 0.354 e. The molecule has 5 nitrogen and oxygen atoms in total. The number of pyridine rings is 1. The Morgan fingerprint density at radius 2 is 2.18 bits per heavy atom. The van der Waals surface area contributed by atoms with E-state index in [0.717, 1.165) is 32.6 Å². The predicted molar refractivity (Wildman–Crippen MR) is 67.0 cm³/mol. The highest BCUT2D eigenvalue weighted by Gasteiger charge is 2.19. The minimum atomic E-state index is -3.22. The van der Waals surface area contributed by atoms with Crippen molar-refractivity contribution in [3.8, 4) is 0 Å². The molecule has 1 aromatic rings. The van der Waals surface area contributed by atoms with E-state index in [1.54, 1.807) is 18.3 Å². The first-order valence-corrected chi connectivity index (χ1v) is 7.59. The second-order valence-corrected chi connectivity index (χ2v) is 6.17. The second kappa shape index (κ2) is 5.01. The first kappa shape index (κ1) is 12.3. The number of nitrogens with zero attached hydrogens (tertiary/aromatic N) is 2. The summed E-state index contributed by atoms with van der Waals surface area (Å²) in [5.74, 6) is 0.582. The maximum Gasteiger partial charge on any atom is 0.179 e. The molecule has 0 amide bonds. The van der Waals surface area contributed by atoms with Crippen molar-refractivity contribution in [2.24, 2.45) is 0 Å². The van der Waals surface area contributed by atoms with Gasteiger partial charge in [0.15, 0.2) is 9.84 Å². The van der Waals surface area contributed by atoms with Crippen molar-refractivity contribution in [2.45, 2.75) is 11.3 Å². The third-order valence-electron chi connectivity index (χ3n) is 2.79. The topological polar surface area (TPSA) is 62.3 Å². The van der Waals surface area contributed by atoms with Gasteiger partial charge in [0.05, 0.1) is 0 Å². The predicted octanol–water partition coefficient (Wildman–Crippen LogP) is 0.285. The van der Waals surface area contributed by atoms with Crippen LogP contribution in [0.25, 0.3) is 0 Å². The standard InChI is InChI=1S/C11H17N3O2S/c1-17(15,16)10-4-2-6-13-11(10)14-8-3-5-12-7-9-14/h2,4,6,12H,3,5,7-9H2,1H3. The molecule has 2 heterocycles. The monoisotopic (exact) mass is 255 g/mol. The van der Waals surface area contributed by atoms with Crippen molar-refractivity contribution in [3.05, 3.63) is 18.3 Å². The molecule has 1 N–H and O–H groups in total. The van der Waals surface area contributed by atoms with Gasteiger partial charge in [-0.1, -0.05) is 0 Å². The summed E-state index contributed by atoms with van der Waals surface area (Å²) in [7, 11) is -3.22. The Kier molecular flexibility index (Phi) is 3.63. The lowest BCUT2D eigenvalue weighted by molar-refractivity contribution is 0.600. The fraction of sp³-hybridized carbons (Fsp3) is 0.545. The van der Waals surface area contributed by atoms with E-state index >= 15 is 0 Å². The van der Waals surface area contributed by atoms with E-state index in [2.05, 4.69) is 10.3 Å². The van der Waals surface area contributed by atoms with Crippen molar-refractivity contribution >= 4 is 15.7 Å². The molecular formula is C11H17N3O2S. The van der Waals surface area contributed by atoms with Crippen LogP contribution in [-0.4, -0.2) is 45.8 Å². The summed E-state index contributed by atoms with van der Waals surface area (Å²) >= 11 is 0. The summed E-state index contributed by atoms with van der Waals surface area (Å²) < 4.78 is 23.4. The highest BCUT2D eigenvalue weighted by atomic mass is 32.2. The molecule has 0 unspecified atom stereocenters. The lowest BCUT2D eigenvalue weighted by Crippen LogP contribution is -2.29. The zero-order valence-electron chi connectivity index (χ0n) is 9.89. The molecule has 1 aliphatic rings. The fourth-order valence-electron chi connectivity index (χ4n) is 1.97. The second-order valence-electron chi connectivity index (χ2n) is 4.19. The van der Waals surface area contributed by atoms with Crippen LogP contribution in [0.1, 0.15) is 6.42 Å². The van der Waals surface area contributed by atoms with Crippen LogP contribution in [0, 0.1) is 0 Å². The smallest absolute Gasteiger partial charge is 0.179 e. The van der Waals surface area contributed by atoms with Gasteiger partial charge < -0.3 is 10.2 Å². The van der Waals surface area contributed by atoms with E-state index in [9.17, 15) is 8.42 Å². The summed E-state index contributed by atoms with van der Waals surface area (Å²) in [6.45, 7) is 3.46. The molecule has 1 aliphatic heterocycles. The van der Waals surface area contributed by atoms with Crippen LogP contribution >= 0.6 is 0 Å². The van der Waals surface area contributed by atoms with E-state index in [1.807, 2.05) is 4.90 Å². The Bertz CT molecular complexity index is 479. The van der Waals surface area contributed by atoms with Gasteiger partial charge in [-0.15, -0.1) is 0 Å². The van der Waals surface area contributed by atoms with Crippen molar-refractivity contribution in [1.29, 1.82) is 0 Å². The average Bonchev–Trinajstić information content (AvgIpc) is 2.56. The number of rotatable bonds is 2. The van der Waals surface area contributed by atoms with Crippen molar-refractivity contribution in [2.75, 3.05) is 37.3 Å². The van der Waals surface area contributed by atoms with E-state index in [0.29, 0.717) is 10.7 Å². The zero-order valence-corrected chi connectivity index (χ0v) is 10.7. The minimum absolute atomic E-state index is 0.321. The first-order chi connectivity index (χ1) is 8.09. The lowest BCUT2D eigenvalue weighted by atomic mass is 10.3. The Morgan fingerprint density at radius 3 is 2.94 bits per heavy atom. The molecule has 94 valence electrons. The number of sulfone groups is 1. The van der Waals surface area contributed by atoms with E-state index < -0.39 is 9.84 Å². The normalized spacial score (nSPS) is 17.8.